The molecule has 168 valence electrons. The summed E-state index contributed by atoms with van der Waals surface area (Å²) in [5.41, 5.74) is 0.687. The Morgan fingerprint density at radius 1 is 1.16 bits per heavy atom. The number of hydrogen-bond donors (Lipinski definition) is 0. The van der Waals surface area contributed by atoms with Crippen LogP contribution in [0, 0.1) is 5.82 Å². The van der Waals surface area contributed by atoms with Crippen molar-refractivity contribution in [2.24, 2.45) is 0 Å². The number of carbonyl (C=O) groups excluding carboxylic acids is 1. The van der Waals surface area contributed by atoms with E-state index in [4.69, 9.17) is 16.3 Å². The molecule has 1 aliphatic heterocycles. The highest BCUT2D eigenvalue weighted by Gasteiger charge is 2.35. The van der Waals surface area contributed by atoms with E-state index in [1.54, 1.807) is 35.2 Å². The van der Waals surface area contributed by atoms with Crippen molar-refractivity contribution in [2.75, 3.05) is 48.7 Å². The summed E-state index contributed by atoms with van der Waals surface area (Å²) >= 11 is 6.08. The molecule has 2 aromatic carbocycles. The van der Waals surface area contributed by atoms with Crippen LogP contribution in [-0.2, 0) is 14.8 Å². The molecular formula is C21H25ClFN3O4S. The Hall–Kier alpha value is -2.52. The number of anilines is 2. The zero-order valence-electron chi connectivity index (χ0n) is 17.6. The smallest absolute Gasteiger partial charge is 0.246 e. The van der Waals surface area contributed by atoms with Crippen LogP contribution in [0.25, 0.3) is 0 Å². The van der Waals surface area contributed by atoms with E-state index in [1.165, 1.54) is 26.2 Å². The van der Waals surface area contributed by atoms with Gasteiger partial charge < -0.3 is 14.5 Å². The molecule has 3 rings (SSSR count). The molecule has 1 heterocycles. The maximum Gasteiger partial charge on any atom is 0.246 e. The molecule has 7 nitrogen and oxygen atoms in total. The number of carbonyl (C=O) groups is 1. The van der Waals surface area contributed by atoms with E-state index in [9.17, 15) is 17.6 Å². The second-order valence-corrected chi connectivity index (χ2v) is 9.61. The minimum atomic E-state index is -3.82. The van der Waals surface area contributed by atoms with Crippen molar-refractivity contribution in [3.05, 3.63) is 53.3 Å². The predicted octanol–water partition coefficient (Wildman–Crippen LogP) is 2.99. The van der Waals surface area contributed by atoms with Crippen molar-refractivity contribution >= 4 is 38.9 Å². The zero-order chi connectivity index (χ0) is 22.8. The molecule has 0 aliphatic carbocycles. The highest BCUT2D eigenvalue weighted by Crippen LogP contribution is 2.34. The number of sulfonamides is 1. The lowest BCUT2D eigenvalue weighted by Gasteiger charge is -2.39. The average Bonchev–Trinajstić information content (AvgIpc) is 2.73. The third-order valence-electron chi connectivity index (χ3n) is 5.23. The fraction of sp³-hybridized carbons (Fsp3) is 0.381. The highest BCUT2D eigenvalue weighted by molar-refractivity contribution is 7.92. The molecule has 0 radical (unpaired) electrons. The maximum atomic E-state index is 14.1. The van der Waals surface area contributed by atoms with Crippen LogP contribution in [0.2, 0.25) is 5.02 Å². The van der Waals surface area contributed by atoms with Crippen LogP contribution >= 0.6 is 11.6 Å². The van der Waals surface area contributed by atoms with Crippen molar-refractivity contribution < 1.29 is 22.3 Å². The Bertz CT molecular complexity index is 1060. The van der Waals surface area contributed by atoms with Gasteiger partial charge in [-0.1, -0.05) is 23.7 Å². The number of ether oxygens (including phenoxy) is 1. The van der Waals surface area contributed by atoms with Crippen LogP contribution in [0.1, 0.15) is 6.92 Å². The molecule has 0 unspecified atom stereocenters. The summed E-state index contributed by atoms with van der Waals surface area (Å²) < 4.78 is 45.6. The second kappa shape index (κ2) is 9.32. The number of piperazine rings is 1. The second-order valence-electron chi connectivity index (χ2n) is 7.31. The molecule has 0 saturated carbocycles. The van der Waals surface area contributed by atoms with Crippen LogP contribution in [0.4, 0.5) is 15.8 Å². The van der Waals surface area contributed by atoms with Gasteiger partial charge in [-0.25, -0.2) is 12.8 Å². The number of amides is 1. The normalized spacial score (nSPS) is 15.5. The van der Waals surface area contributed by atoms with Crippen molar-refractivity contribution in [1.29, 1.82) is 0 Å². The van der Waals surface area contributed by atoms with Crippen molar-refractivity contribution in [2.45, 2.75) is 13.0 Å². The van der Waals surface area contributed by atoms with E-state index in [-0.39, 0.29) is 17.4 Å². The monoisotopic (exact) mass is 469 g/mol. The summed E-state index contributed by atoms with van der Waals surface area (Å²) in [6, 6.07) is 10.1. The Balaban J connectivity index is 1.81. The Morgan fingerprint density at radius 2 is 1.81 bits per heavy atom. The third kappa shape index (κ3) is 5.04. The van der Waals surface area contributed by atoms with Gasteiger partial charge in [0.15, 0.2) is 0 Å². The third-order valence-corrected chi connectivity index (χ3v) is 6.69. The topological polar surface area (TPSA) is 70.2 Å². The van der Waals surface area contributed by atoms with E-state index in [1.807, 2.05) is 4.90 Å². The van der Waals surface area contributed by atoms with Gasteiger partial charge in [0.25, 0.3) is 0 Å². The van der Waals surface area contributed by atoms with Gasteiger partial charge in [0, 0.05) is 31.2 Å². The number of hydrogen-bond acceptors (Lipinski definition) is 5. The van der Waals surface area contributed by atoms with Crippen LogP contribution in [0.15, 0.2) is 42.5 Å². The summed E-state index contributed by atoms with van der Waals surface area (Å²) in [4.78, 5) is 16.7. The molecule has 1 amide bonds. The summed E-state index contributed by atoms with van der Waals surface area (Å²) in [6.07, 6.45) is 1.03. The van der Waals surface area contributed by atoms with Gasteiger partial charge in [0.1, 0.15) is 17.6 Å². The largest absolute Gasteiger partial charge is 0.495 e. The fourth-order valence-electron chi connectivity index (χ4n) is 3.75. The minimum absolute atomic E-state index is 0.198. The summed E-state index contributed by atoms with van der Waals surface area (Å²) in [6.45, 7) is 3.12. The number of rotatable bonds is 6. The van der Waals surface area contributed by atoms with Crippen molar-refractivity contribution in [3.63, 3.8) is 0 Å². The number of methoxy groups -OCH3 is 1. The summed E-state index contributed by atoms with van der Waals surface area (Å²) in [5, 5.41) is 0.322. The maximum absolute atomic E-state index is 14.1. The molecular weight excluding hydrogens is 445 g/mol. The molecule has 0 spiro atoms. The molecule has 1 saturated heterocycles. The van der Waals surface area contributed by atoms with E-state index < -0.39 is 16.1 Å². The van der Waals surface area contributed by atoms with Gasteiger partial charge in [-0.15, -0.1) is 0 Å². The van der Waals surface area contributed by atoms with Gasteiger partial charge in [0.2, 0.25) is 15.9 Å². The molecule has 0 N–H and O–H groups in total. The molecule has 1 aliphatic rings. The van der Waals surface area contributed by atoms with E-state index >= 15 is 0 Å². The molecule has 2 aromatic rings. The van der Waals surface area contributed by atoms with Gasteiger partial charge in [-0.05, 0) is 37.3 Å². The standard InChI is InChI=1S/C21H25ClFN3O4S/c1-15(26(31(3,28)29)19-14-16(22)8-9-20(19)30-2)21(27)25-12-10-24(11-13-25)18-7-5-4-6-17(18)23/h4-9,14-15H,10-13H2,1-3H3/t15-/m1/s1. The average molecular weight is 470 g/mol. The summed E-state index contributed by atoms with van der Waals surface area (Å²) in [5.74, 6) is -0.369. The fourth-order valence-corrected chi connectivity index (χ4v) is 5.08. The molecule has 0 bridgehead atoms. The molecule has 1 atom stereocenters. The zero-order valence-corrected chi connectivity index (χ0v) is 19.2. The molecule has 31 heavy (non-hydrogen) atoms. The Kier molecular flexibility index (Phi) is 6.96. The minimum Gasteiger partial charge on any atom is -0.495 e. The van der Waals surface area contributed by atoms with Crippen molar-refractivity contribution in [3.8, 4) is 5.75 Å². The number of halogens is 2. The Morgan fingerprint density at radius 3 is 2.39 bits per heavy atom. The first-order valence-electron chi connectivity index (χ1n) is 9.74. The van der Waals surface area contributed by atoms with Crippen LogP contribution in [0.5, 0.6) is 5.75 Å². The van der Waals surface area contributed by atoms with Crippen molar-refractivity contribution in [1.82, 2.24) is 4.90 Å². The highest BCUT2D eigenvalue weighted by atomic mass is 35.5. The van der Waals surface area contributed by atoms with Crippen LogP contribution in [-0.4, -0.2) is 64.8 Å². The van der Waals surface area contributed by atoms with Gasteiger partial charge >= 0.3 is 0 Å². The van der Waals surface area contributed by atoms with Crippen LogP contribution in [0.3, 0.4) is 0 Å². The molecule has 10 heteroatoms. The SMILES string of the molecule is COc1ccc(Cl)cc1N([C@H](C)C(=O)N1CCN(c2ccccc2F)CC1)S(C)(=O)=O. The van der Waals surface area contributed by atoms with E-state index in [0.717, 1.165) is 10.6 Å². The predicted molar refractivity (Wildman–Crippen MR) is 120 cm³/mol. The first-order valence-corrected chi connectivity index (χ1v) is 12.0. The number of benzene rings is 2. The summed E-state index contributed by atoms with van der Waals surface area (Å²) in [7, 11) is -2.40. The lowest BCUT2D eigenvalue weighted by atomic mass is 10.2. The van der Waals surface area contributed by atoms with Gasteiger partial charge in [-0.2, -0.15) is 0 Å². The molecule has 1 fully saturated rings. The quantitative estimate of drug-likeness (QED) is 0.650. The Labute approximate surface area is 187 Å². The van der Waals surface area contributed by atoms with Gasteiger partial charge in [0.05, 0.1) is 24.7 Å². The lowest BCUT2D eigenvalue weighted by Crippen LogP contribution is -2.55. The number of para-hydroxylation sites is 1. The van der Waals surface area contributed by atoms with Gasteiger partial charge in [-0.3, -0.25) is 9.10 Å². The first kappa shape index (κ1) is 23.1. The molecule has 0 aromatic heterocycles. The lowest BCUT2D eigenvalue weighted by molar-refractivity contribution is -0.132. The first-order chi connectivity index (χ1) is 14.6. The number of nitrogens with zero attached hydrogens (tertiary/aromatic N) is 3. The van der Waals surface area contributed by atoms with Crippen LogP contribution < -0.4 is 13.9 Å². The van der Waals surface area contributed by atoms with E-state index in [2.05, 4.69) is 0 Å². The van der Waals surface area contributed by atoms with E-state index in [0.29, 0.717) is 42.6 Å².